The summed E-state index contributed by atoms with van der Waals surface area (Å²) in [5.74, 6) is 0.651. The van der Waals surface area contributed by atoms with E-state index < -0.39 is 0 Å². The Morgan fingerprint density at radius 1 is 1.00 bits per heavy atom. The first-order valence-corrected chi connectivity index (χ1v) is 9.59. The van der Waals surface area contributed by atoms with Gasteiger partial charge in [-0.25, -0.2) is 0 Å². The summed E-state index contributed by atoms with van der Waals surface area (Å²) in [6.45, 7) is 4.30. The van der Waals surface area contributed by atoms with Gasteiger partial charge in [-0.2, -0.15) is 0 Å². The Labute approximate surface area is 164 Å². The van der Waals surface area contributed by atoms with Crippen molar-refractivity contribution in [3.8, 4) is 0 Å². The predicted molar refractivity (Wildman–Crippen MR) is 110 cm³/mol. The summed E-state index contributed by atoms with van der Waals surface area (Å²) in [7, 11) is 2.12. The number of hydrogen-bond acceptors (Lipinski definition) is 6. The largest absolute Gasteiger partial charge is 0.352 e. The van der Waals surface area contributed by atoms with Crippen LogP contribution < -0.4 is 10.2 Å². The van der Waals surface area contributed by atoms with E-state index in [0.29, 0.717) is 18.7 Å². The fourth-order valence-corrected chi connectivity index (χ4v) is 3.44. The number of anilines is 1. The first-order valence-electron chi connectivity index (χ1n) is 9.59. The van der Waals surface area contributed by atoms with Crippen LogP contribution in [0.15, 0.2) is 48.7 Å². The molecule has 1 aromatic carbocycles. The number of hydrogen-bond donors (Lipinski definition) is 1. The molecule has 0 atom stereocenters. The lowest BCUT2D eigenvalue weighted by molar-refractivity contribution is 0.0950. The molecule has 0 saturated carbocycles. The zero-order valence-corrected chi connectivity index (χ0v) is 16.0. The molecule has 1 saturated heterocycles. The topological polar surface area (TPSA) is 74.2 Å². The molecule has 7 heteroatoms. The van der Waals surface area contributed by atoms with Gasteiger partial charge in [-0.15, -0.1) is 10.2 Å². The fraction of sp³-hybridized carbons (Fsp3) is 0.333. The third kappa shape index (κ3) is 3.94. The van der Waals surface area contributed by atoms with E-state index in [4.69, 9.17) is 0 Å². The Morgan fingerprint density at radius 3 is 2.50 bits per heavy atom. The van der Waals surface area contributed by atoms with Crippen molar-refractivity contribution in [2.24, 2.45) is 0 Å². The minimum Gasteiger partial charge on any atom is -0.352 e. The lowest BCUT2D eigenvalue weighted by Crippen LogP contribution is -2.45. The van der Waals surface area contributed by atoms with Crippen LogP contribution >= 0.6 is 0 Å². The summed E-state index contributed by atoms with van der Waals surface area (Å²) in [5.41, 5.74) is 1.32. The molecule has 3 aromatic rings. The molecule has 1 aliphatic heterocycles. The molecule has 1 fully saturated rings. The molecule has 2 aromatic heterocycles. The van der Waals surface area contributed by atoms with E-state index >= 15 is 0 Å². The van der Waals surface area contributed by atoms with Gasteiger partial charge in [0.25, 0.3) is 5.91 Å². The van der Waals surface area contributed by atoms with Crippen molar-refractivity contribution in [2.45, 2.75) is 6.42 Å². The summed E-state index contributed by atoms with van der Waals surface area (Å²) in [6, 6.07) is 13.6. The van der Waals surface area contributed by atoms with E-state index in [9.17, 15) is 4.79 Å². The highest BCUT2D eigenvalue weighted by molar-refractivity contribution is 6.07. The molecule has 144 valence electrons. The smallest absolute Gasteiger partial charge is 0.272 e. The Morgan fingerprint density at radius 2 is 1.75 bits per heavy atom. The molecule has 0 spiro atoms. The zero-order valence-electron chi connectivity index (χ0n) is 16.0. The number of benzene rings is 1. The van der Waals surface area contributed by atoms with Gasteiger partial charge in [-0.3, -0.25) is 9.78 Å². The minimum atomic E-state index is -0.204. The van der Waals surface area contributed by atoms with Crippen molar-refractivity contribution in [3.63, 3.8) is 0 Å². The maximum atomic E-state index is 12.7. The molecule has 0 unspecified atom stereocenters. The van der Waals surface area contributed by atoms with Gasteiger partial charge < -0.3 is 15.1 Å². The fourth-order valence-electron chi connectivity index (χ4n) is 3.44. The number of carbonyl (C=O) groups is 1. The van der Waals surface area contributed by atoms with Crippen molar-refractivity contribution in [3.05, 3.63) is 60.0 Å². The maximum Gasteiger partial charge on any atom is 0.272 e. The van der Waals surface area contributed by atoms with Crippen LogP contribution in [-0.2, 0) is 6.42 Å². The Hall–Kier alpha value is -3.06. The summed E-state index contributed by atoms with van der Waals surface area (Å²) >= 11 is 0. The molecule has 4 rings (SSSR count). The summed E-state index contributed by atoms with van der Waals surface area (Å²) in [6.07, 6.45) is 2.44. The van der Waals surface area contributed by atoms with Crippen molar-refractivity contribution < 1.29 is 4.79 Å². The third-order valence-electron chi connectivity index (χ3n) is 5.08. The van der Waals surface area contributed by atoms with Gasteiger partial charge in [0.2, 0.25) is 0 Å². The molecule has 1 aliphatic rings. The quantitative estimate of drug-likeness (QED) is 0.731. The number of nitrogens with zero attached hydrogens (tertiary/aromatic N) is 5. The second kappa shape index (κ2) is 8.31. The molecule has 3 heterocycles. The summed E-state index contributed by atoms with van der Waals surface area (Å²) in [5, 5.41) is 13.5. The van der Waals surface area contributed by atoms with Crippen LogP contribution in [0.25, 0.3) is 10.8 Å². The average molecular weight is 376 g/mol. The lowest BCUT2D eigenvalue weighted by atomic mass is 10.1. The standard InChI is InChI=1S/C21H24N6O/c1-26-12-14-27(15-13-26)20-18-8-3-2-7-17(18)19(24-25-20)21(28)23-11-9-16-6-4-5-10-22-16/h2-8,10H,9,11-15H2,1H3,(H,23,28). The van der Waals surface area contributed by atoms with Crippen molar-refractivity contribution in [1.29, 1.82) is 0 Å². The predicted octanol–water partition coefficient (Wildman–Crippen LogP) is 1.75. The molecule has 7 nitrogen and oxygen atoms in total. The van der Waals surface area contributed by atoms with Crippen LogP contribution in [-0.4, -0.2) is 65.8 Å². The zero-order chi connectivity index (χ0) is 19.3. The molecule has 0 bridgehead atoms. The van der Waals surface area contributed by atoms with Crippen molar-refractivity contribution >= 4 is 22.5 Å². The van der Waals surface area contributed by atoms with Gasteiger partial charge in [0.1, 0.15) is 0 Å². The van der Waals surface area contributed by atoms with Gasteiger partial charge in [0.15, 0.2) is 11.5 Å². The highest BCUT2D eigenvalue weighted by Gasteiger charge is 2.21. The number of likely N-dealkylation sites (N-methyl/N-ethyl adjacent to an activating group) is 1. The van der Waals surface area contributed by atoms with Crippen molar-refractivity contribution in [1.82, 2.24) is 25.4 Å². The van der Waals surface area contributed by atoms with E-state index in [0.717, 1.165) is 48.5 Å². The maximum absolute atomic E-state index is 12.7. The molecule has 28 heavy (non-hydrogen) atoms. The number of fused-ring (bicyclic) bond motifs is 1. The molecule has 1 N–H and O–H groups in total. The average Bonchev–Trinajstić information content (AvgIpc) is 2.74. The SMILES string of the molecule is CN1CCN(c2nnc(C(=O)NCCc3ccccn3)c3ccccc23)CC1. The second-order valence-electron chi connectivity index (χ2n) is 7.04. The van der Waals surface area contributed by atoms with Crippen LogP contribution in [0.5, 0.6) is 0 Å². The van der Waals surface area contributed by atoms with Gasteiger partial charge in [-0.05, 0) is 19.2 Å². The lowest BCUT2D eigenvalue weighted by Gasteiger charge is -2.33. The number of amides is 1. The van der Waals surface area contributed by atoms with Crippen LogP contribution in [0.2, 0.25) is 0 Å². The number of nitrogens with one attached hydrogen (secondary N) is 1. The van der Waals surface area contributed by atoms with Crippen LogP contribution in [0.4, 0.5) is 5.82 Å². The van der Waals surface area contributed by atoms with Gasteiger partial charge >= 0.3 is 0 Å². The van der Waals surface area contributed by atoms with Crippen molar-refractivity contribution in [2.75, 3.05) is 44.7 Å². The number of piperazine rings is 1. The number of carbonyl (C=O) groups excluding carboxylic acids is 1. The summed E-state index contributed by atoms with van der Waals surface area (Å²) in [4.78, 5) is 21.6. The minimum absolute atomic E-state index is 0.204. The van der Waals surface area contributed by atoms with Gasteiger partial charge in [0.05, 0.1) is 0 Å². The summed E-state index contributed by atoms with van der Waals surface area (Å²) < 4.78 is 0. The highest BCUT2D eigenvalue weighted by atomic mass is 16.1. The molecule has 0 radical (unpaired) electrons. The van der Waals surface area contributed by atoms with E-state index in [1.807, 2.05) is 42.5 Å². The highest BCUT2D eigenvalue weighted by Crippen LogP contribution is 2.26. The number of pyridine rings is 1. The number of aromatic nitrogens is 3. The van der Waals surface area contributed by atoms with E-state index in [1.54, 1.807) is 6.20 Å². The molecule has 0 aliphatic carbocycles. The first-order chi connectivity index (χ1) is 13.7. The van der Waals surface area contributed by atoms with Crippen LogP contribution in [0.3, 0.4) is 0 Å². The van der Waals surface area contributed by atoms with E-state index in [1.165, 1.54) is 0 Å². The second-order valence-corrected chi connectivity index (χ2v) is 7.04. The Kier molecular flexibility index (Phi) is 5.43. The Bertz CT molecular complexity index is 954. The molecule has 1 amide bonds. The van der Waals surface area contributed by atoms with E-state index in [-0.39, 0.29) is 5.91 Å². The first kappa shape index (κ1) is 18.3. The normalized spacial score (nSPS) is 15.0. The third-order valence-corrected chi connectivity index (χ3v) is 5.08. The number of rotatable bonds is 5. The van der Waals surface area contributed by atoms with Gasteiger partial charge in [0, 0.05) is 61.8 Å². The van der Waals surface area contributed by atoms with Crippen LogP contribution in [0, 0.1) is 0 Å². The monoisotopic (exact) mass is 376 g/mol. The van der Waals surface area contributed by atoms with E-state index in [2.05, 4.69) is 37.3 Å². The molecular formula is C21H24N6O. The Balaban J connectivity index is 1.53. The molecular weight excluding hydrogens is 352 g/mol. The van der Waals surface area contributed by atoms with Crippen LogP contribution in [0.1, 0.15) is 16.2 Å². The van der Waals surface area contributed by atoms with Gasteiger partial charge in [-0.1, -0.05) is 30.3 Å².